The van der Waals surface area contributed by atoms with E-state index in [2.05, 4.69) is 10.3 Å². The minimum Gasteiger partial charge on any atom is -0.479 e. The molecule has 0 spiro atoms. The summed E-state index contributed by atoms with van der Waals surface area (Å²) in [6.07, 6.45) is 0.569. The maximum Gasteiger partial charge on any atom is 0.334 e. The molecule has 2 N–H and O–H groups in total. The minimum atomic E-state index is -0.990. The van der Waals surface area contributed by atoms with Gasteiger partial charge in [0, 0.05) is 18.4 Å². The van der Waals surface area contributed by atoms with E-state index in [9.17, 15) is 19.5 Å². The Bertz CT molecular complexity index is 1120. The first-order valence-corrected chi connectivity index (χ1v) is 9.64. The molecule has 0 amide bonds. The number of nitrogens with zero attached hydrogens (tertiary/aromatic N) is 2. The van der Waals surface area contributed by atoms with Gasteiger partial charge < -0.3 is 20.1 Å². The molecule has 30 heavy (non-hydrogen) atoms. The lowest BCUT2D eigenvalue weighted by Gasteiger charge is -2.36. The largest absolute Gasteiger partial charge is 0.479 e. The Balaban J connectivity index is 1.52. The molecular weight excluding hydrogens is 386 g/mol. The van der Waals surface area contributed by atoms with E-state index >= 15 is 0 Å². The van der Waals surface area contributed by atoms with Gasteiger partial charge in [-0.25, -0.2) is 4.79 Å². The number of pyridine rings is 1. The fourth-order valence-corrected chi connectivity index (χ4v) is 3.65. The number of hydrogen-bond acceptors (Lipinski definition) is 7. The fraction of sp³-hybridized carbons (Fsp3) is 0.273. The Hall–Kier alpha value is -3.52. The molecule has 2 unspecified atom stereocenters. The maximum atomic E-state index is 12.2. The molecule has 1 aromatic heterocycles. The molecule has 8 nitrogen and oxygen atoms in total. The highest BCUT2D eigenvalue weighted by Gasteiger charge is 2.30. The van der Waals surface area contributed by atoms with Crippen molar-refractivity contribution in [2.45, 2.75) is 25.7 Å². The molecule has 0 radical (unpaired) electrons. The summed E-state index contributed by atoms with van der Waals surface area (Å²) in [6.45, 7) is 2.99. The van der Waals surface area contributed by atoms with Gasteiger partial charge in [-0.15, -0.1) is 0 Å². The molecule has 154 valence electrons. The highest BCUT2D eigenvalue weighted by molar-refractivity contribution is 5.82. The average Bonchev–Trinajstić information content (AvgIpc) is 2.76. The third-order valence-corrected chi connectivity index (χ3v) is 5.14. The zero-order valence-corrected chi connectivity index (χ0v) is 16.4. The van der Waals surface area contributed by atoms with Crippen LogP contribution in [0.3, 0.4) is 0 Å². The van der Waals surface area contributed by atoms with Crippen LogP contribution in [0.4, 0.5) is 11.4 Å². The van der Waals surface area contributed by atoms with Gasteiger partial charge >= 0.3 is 5.97 Å². The number of aromatic nitrogens is 1. The maximum absolute atomic E-state index is 12.2. The second-order valence-corrected chi connectivity index (χ2v) is 7.31. The molecule has 1 aliphatic rings. The zero-order chi connectivity index (χ0) is 21.3. The zero-order valence-electron chi connectivity index (χ0n) is 16.4. The van der Waals surface area contributed by atoms with Crippen LogP contribution in [0.2, 0.25) is 0 Å². The number of nitrogens with one attached hydrogen (secondary N) is 1. The fourth-order valence-electron chi connectivity index (χ4n) is 3.65. The number of carboxylic acids is 1. The van der Waals surface area contributed by atoms with Crippen molar-refractivity contribution in [1.29, 1.82) is 0 Å². The summed E-state index contributed by atoms with van der Waals surface area (Å²) in [6, 6.07) is 12.7. The number of ether oxygens (including phenoxy) is 1. The standard InChI is InChI=1S/C22H21N3O5/c1-13-11-25(12-17(30-13)22(28)29)16-7-5-14(6-8-16)18-19(21(27)20(18)26)24-10-15-4-2-3-9-23-15/h2-9,13,17,24H,10-12H2,1H3,(H,28,29). The van der Waals surface area contributed by atoms with Crippen molar-refractivity contribution >= 4 is 17.3 Å². The monoisotopic (exact) mass is 407 g/mol. The summed E-state index contributed by atoms with van der Waals surface area (Å²) in [5, 5.41) is 12.3. The molecule has 2 heterocycles. The predicted octanol–water partition coefficient (Wildman–Crippen LogP) is 1.63. The third kappa shape index (κ3) is 3.81. The lowest BCUT2D eigenvalue weighted by atomic mass is 9.98. The highest BCUT2D eigenvalue weighted by Crippen LogP contribution is 2.28. The average molecular weight is 407 g/mol. The quantitative estimate of drug-likeness (QED) is 0.594. The van der Waals surface area contributed by atoms with Crippen molar-refractivity contribution in [3.05, 3.63) is 74.8 Å². The first-order chi connectivity index (χ1) is 14.4. The van der Waals surface area contributed by atoms with E-state index in [1.54, 1.807) is 18.3 Å². The number of benzene rings is 1. The van der Waals surface area contributed by atoms with Gasteiger partial charge in [-0.2, -0.15) is 0 Å². The van der Waals surface area contributed by atoms with E-state index in [1.807, 2.05) is 42.2 Å². The summed E-state index contributed by atoms with van der Waals surface area (Å²) in [5.74, 6) is -0.990. The van der Waals surface area contributed by atoms with Gasteiger partial charge in [0.05, 0.1) is 36.1 Å². The topological polar surface area (TPSA) is 109 Å². The summed E-state index contributed by atoms with van der Waals surface area (Å²) in [7, 11) is 0. The summed E-state index contributed by atoms with van der Waals surface area (Å²) >= 11 is 0. The van der Waals surface area contributed by atoms with Gasteiger partial charge in [-0.3, -0.25) is 14.6 Å². The smallest absolute Gasteiger partial charge is 0.334 e. The van der Waals surface area contributed by atoms with E-state index in [1.165, 1.54) is 0 Å². The second-order valence-electron chi connectivity index (χ2n) is 7.31. The van der Waals surface area contributed by atoms with Crippen molar-refractivity contribution in [2.24, 2.45) is 0 Å². The number of carboxylic acid groups (broad SMARTS) is 1. The minimum absolute atomic E-state index is 0.213. The molecule has 4 rings (SSSR count). The van der Waals surface area contributed by atoms with E-state index < -0.39 is 22.9 Å². The number of morpholine rings is 1. The van der Waals surface area contributed by atoms with Crippen LogP contribution in [0, 0.1) is 0 Å². The predicted molar refractivity (Wildman–Crippen MR) is 113 cm³/mol. The van der Waals surface area contributed by atoms with Crippen molar-refractivity contribution in [1.82, 2.24) is 4.98 Å². The summed E-state index contributed by atoms with van der Waals surface area (Å²) < 4.78 is 5.45. The van der Waals surface area contributed by atoms with Crippen LogP contribution >= 0.6 is 0 Å². The Morgan fingerprint density at radius 3 is 2.60 bits per heavy atom. The molecular formula is C22H21N3O5. The molecule has 8 heteroatoms. The van der Waals surface area contributed by atoms with Crippen LogP contribution in [0.5, 0.6) is 0 Å². The van der Waals surface area contributed by atoms with E-state index in [0.29, 0.717) is 29.9 Å². The molecule has 1 aliphatic heterocycles. The number of rotatable bonds is 6. The molecule has 1 fully saturated rings. The normalized spacial score (nSPS) is 19.0. The van der Waals surface area contributed by atoms with Crippen LogP contribution in [-0.2, 0) is 16.1 Å². The van der Waals surface area contributed by atoms with Crippen molar-refractivity contribution < 1.29 is 14.6 Å². The Labute approximate surface area is 172 Å². The van der Waals surface area contributed by atoms with Gasteiger partial charge in [0.15, 0.2) is 6.10 Å². The summed E-state index contributed by atoms with van der Waals surface area (Å²) in [5.41, 5.74) is 1.85. The van der Waals surface area contributed by atoms with E-state index in [0.717, 1.165) is 11.4 Å². The molecule has 2 aromatic carbocycles. The SMILES string of the molecule is CC1CN(c2ccc(-c3c(NCc4ccccn4)c(=O)c3=O)cc2)CC(C(=O)O)O1. The van der Waals surface area contributed by atoms with Gasteiger partial charge in [0.1, 0.15) is 0 Å². The molecule has 0 saturated carbocycles. The van der Waals surface area contributed by atoms with Gasteiger partial charge in [0.2, 0.25) is 10.9 Å². The van der Waals surface area contributed by atoms with Crippen LogP contribution in [0.1, 0.15) is 12.6 Å². The molecule has 1 saturated heterocycles. The molecule has 2 atom stereocenters. The first kappa shape index (κ1) is 19.8. The van der Waals surface area contributed by atoms with Gasteiger partial charge in [0.25, 0.3) is 0 Å². The Kier molecular flexibility index (Phi) is 5.33. The second kappa shape index (κ2) is 8.08. The lowest BCUT2D eigenvalue weighted by Crippen LogP contribution is -2.49. The van der Waals surface area contributed by atoms with Crippen LogP contribution in [-0.4, -0.2) is 41.4 Å². The van der Waals surface area contributed by atoms with Gasteiger partial charge in [-0.05, 0) is 36.8 Å². The molecule has 3 aromatic rings. The highest BCUT2D eigenvalue weighted by atomic mass is 16.5. The molecule has 0 aliphatic carbocycles. The Morgan fingerprint density at radius 1 is 1.17 bits per heavy atom. The van der Waals surface area contributed by atoms with Crippen LogP contribution in [0.15, 0.2) is 58.3 Å². The molecule has 0 bridgehead atoms. The number of anilines is 2. The number of carbonyl (C=O) groups is 1. The summed E-state index contributed by atoms with van der Waals surface area (Å²) in [4.78, 5) is 41.7. The van der Waals surface area contributed by atoms with Crippen molar-refractivity contribution in [2.75, 3.05) is 23.3 Å². The number of aliphatic carboxylic acids is 1. The van der Waals surface area contributed by atoms with Crippen molar-refractivity contribution in [3.63, 3.8) is 0 Å². The van der Waals surface area contributed by atoms with Gasteiger partial charge in [-0.1, -0.05) is 18.2 Å². The van der Waals surface area contributed by atoms with Crippen LogP contribution in [0.25, 0.3) is 11.1 Å². The third-order valence-electron chi connectivity index (χ3n) is 5.14. The van der Waals surface area contributed by atoms with E-state index in [4.69, 9.17) is 4.74 Å². The lowest BCUT2D eigenvalue weighted by molar-refractivity contribution is -0.154. The van der Waals surface area contributed by atoms with Crippen molar-refractivity contribution in [3.8, 4) is 11.1 Å². The van der Waals surface area contributed by atoms with E-state index in [-0.39, 0.29) is 12.6 Å². The first-order valence-electron chi connectivity index (χ1n) is 9.64. The number of hydrogen-bond donors (Lipinski definition) is 2. The van der Waals surface area contributed by atoms with Crippen LogP contribution < -0.4 is 21.1 Å². The Morgan fingerprint density at radius 2 is 1.93 bits per heavy atom.